The van der Waals surface area contributed by atoms with Gasteiger partial charge in [0, 0.05) is 23.1 Å². The van der Waals surface area contributed by atoms with E-state index < -0.39 is 10.8 Å². The van der Waals surface area contributed by atoms with Crippen LogP contribution in [0.5, 0.6) is 0 Å². The molecule has 3 rings (SSSR count). The predicted octanol–water partition coefficient (Wildman–Crippen LogP) is 3.19. The lowest BCUT2D eigenvalue weighted by molar-refractivity contribution is -0.384. The average molecular weight is 437 g/mol. The summed E-state index contributed by atoms with van der Waals surface area (Å²) in [5.74, 6) is -0.642. The molecule has 0 radical (unpaired) electrons. The van der Waals surface area contributed by atoms with Crippen molar-refractivity contribution in [3.8, 4) is 0 Å². The number of non-ortho nitro benzene ring substituents is 1. The van der Waals surface area contributed by atoms with Crippen molar-refractivity contribution in [2.75, 3.05) is 16.4 Å². The van der Waals surface area contributed by atoms with E-state index in [0.717, 1.165) is 17.0 Å². The van der Waals surface area contributed by atoms with Crippen molar-refractivity contribution in [2.45, 2.75) is 11.3 Å². The second-order valence-electron chi connectivity index (χ2n) is 5.27. The fourth-order valence-corrected chi connectivity index (χ4v) is 4.19. The van der Waals surface area contributed by atoms with Crippen LogP contribution >= 0.6 is 34.4 Å². The number of hydrogen-bond acceptors (Lipinski definition) is 10. The Morgan fingerprint density at radius 1 is 1.25 bits per heavy atom. The largest absolute Gasteiger partial charge is 0.301 e. The molecule has 0 unspecified atom stereocenters. The Balaban J connectivity index is 1.53. The summed E-state index contributed by atoms with van der Waals surface area (Å²) < 4.78 is 0.500. The predicted molar refractivity (Wildman–Crippen MR) is 107 cm³/mol. The number of carbonyl (C=O) groups excluding carboxylic acids is 2. The maximum Gasteiger partial charge on any atom is 0.270 e. The van der Waals surface area contributed by atoms with Crippen LogP contribution < -0.4 is 10.6 Å². The summed E-state index contributed by atoms with van der Waals surface area (Å²) in [5, 5.41) is 26.4. The van der Waals surface area contributed by atoms with Crippen LogP contribution in [0.4, 0.5) is 16.0 Å². The number of amides is 2. The van der Waals surface area contributed by atoms with Gasteiger partial charge in [0.2, 0.25) is 11.0 Å². The summed E-state index contributed by atoms with van der Waals surface area (Å²) >= 11 is 3.62. The fourth-order valence-electron chi connectivity index (χ4n) is 1.94. The van der Waals surface area contributed by atoms with Crippen molar-refractivity contribution in [1.82, 2.24) is 15.2 Å². The van der Waals surface area contributed by atoms with Crippen molar-refractivity contribution >= 4 is 62.2 Å². The Kier molecular flexibility index (Phi) is 6.28. The number of aryl methyl sites for hydroxylation is 1. The lowest BCUT2D eigenvalue weighted by Gasteiger charge is -2.01. The molecule has 2 N–H and O–H groups in total. The van der Waals surface area contributed by atoms with Crippen LogP contribution in [0.1, 0.15) is 16.1 Å². The van der Waals surface area contributed by atoms with Gasteiger partial charge < -0.3 is 5.32 Å². The number of thioether (sulfide) groups is 1. The molecule has 144 valence electrons. The highest BCUT2D eigenvalue weighted by atomic mass is 32.2. The van der Waals surface area contributed by atoms with Gasteiger partial charge in [-0.05, 0) is 13.0 Å². The number of benzene rings is 1. The second-order valence-corrected chi connectivity index (χ2v) is 8.32. The molecule has 0 spiro atoms. The highest BCUT2D eigenvalue weighted by Gasteiger charge is 2.15. The first-order valence-corrected chi connectivity index (χ1v) is 10.3. The van der Waals surface area contributed by atoms with Gasteiger partial charge in [-0.1, -0.05) is 29.2 Å². The number of hydrogen-bond donors (Lipinski definition) is 2. The average Bonchev–Trinajstić information content (AvgIpc) is 3.28. The van der Waals surface area contributed by atoms with E-state index in [0.29, 0.717) is 9.47 Å². The molecular formula is C15H12N6O4S3. The molecule has 0 saturated heterocycles. The molecule has 0 saturated carbocycles. The van der Waals surface area contributed by atoms with E-state index in [2.05, 4.69) is 25.8 Å². The Hall–Kier alpha value is -2.90. The number of nitrogens with one attached hydrogen (secondary N) is 2. The molecule has 0 aliphatic heterocycles. The number of rotatable bonds is 7. The van der Waals surface area contributed by atoms with Gasteiger partial charge in [-0.15, -0.1) is 21.5 Å². The van der Waals surface area contributed by atoms with Crippen LogP contribution in [0.15, 0.2) is 34.0 Å². The van der Waals surface area contributed by atoms with E-state index in [9.17, 15) is 19.7 Å². The molecule has 2 aromatic heterocycles. The van der Waals surface area contributed by atoms with E-state index >= 15 is 0 Å². The third-order valence-corrected chi connectivity index (χ3v) is 5.99. The maximum absolute atomic E-state index is 12.2. The van der Waals surface area contributed by atoms with Crippen LogP contribution in [0.2, 0.25) is 0 Å². The first-order valence-electron chi connectivity index (χ1n) is 7.65. The van der Waals surface area contributed by atoms with Crippen molar-refractivity contribution in [3.63, 3.8) is 0 Å². The van der Waals surface area contributed by atoms with Crippen LogP contribution in [-0.2, 0) is 4.79 Å². The smallest absolute Gasteiger partial charge is 0.270 e. The molecule has 10 nitrogen and oxygen atoms in total. The lowest BCUT2D eigenvalue weighted by Crippen LogP contribution is -2.13. The van der Waals surface area contributed by atoms with E-state index in [1.807, 2.05) is 12.3 Å². The van der Waals surface area contributed by atoms with Crippen LogP contribution in [0.3, 0.4) is 0 Å². The van der Waals surface area contributed by atoms with Gasteiger partial charge in [0.05, 0.1) is 16.4 Å². The summed E-state index contributed by atoms with van der Waals surface area (Å²) in [6.07, 6.45) is 0. The fraction of sp³-hybridized carbons (Fsp3) is 0.133. The summed E-state index contributed by atoms with van der Waals surface area (Å²) in [4.78, 5) is 38.5. The number of nitro benzene ring substituents is 1. The van der Waals surface area contributed by atoms with Gasteiger partial charge >= 0.3 is 0 Å². The highest BCUT2D eigenvalue weighted by molar-refractivity contribution is 8.01. The van der Waals surface area contributed by atoms with Crippen LogP contribution in [0, 0.1) is 17.0 Å². The maximum atomic E-state index is 12.2. The number of aromatic nitrogens is 3. The molecule has 13 heteroatoms. The van der Waals surface area contributed by atoms with Gasteiger partial charge in [0.15, 0.2) is 9.47 Å². The molecule has 0 aliphatic carbocycles. The minimum absolute atomic E-state index is 0.117. The molecule has 0 bridgehead atoms. The molecule has 28 heavy (non-hydrogen) atoms. The summed E-state index contributed by atoms with van der Waals surface area (Å²) in [7, 11) is 0. The van der Waals surface area contributed by atoms with E-state index in [1.165, 1.54) is 47.4 Å². The van der Waals surface area contributed by atoms with E-state index in [4.69, 9.17) is 0 Å². The quantitative estimate of drug-likeness (QED) is 0.249. The highest BCUT2D eigenvalue weighted by Crippen LogP contribution is 2.26. The Morgan fingerprint density at radius 2 is 2.07 bits per heavy atom. The van der Waals surface area contributed by atoms with Crippen molar-refractivity contribution in [2.24, 2.45) is 0 Å². The van der Waals surface area contributed by atoms with Crippen molar-refractivity contribution in [1.29, 1.82) is 0 Å². The van der Waals surface area contributed by atoms with Gasteiger partial charge in [0.25, 0.3) is 11.6 Å². The first-order chi connectivity index (χ1) is 13.4. The topological polar surface area (TPSA) is 140 Å². The summed E-state index contributed by atoms with van der Waals surface area (Å²) in [6.45, 7) is 1.84. The SMILES string of the molecule is Cc1csc(NC(=O)CSc2nnc(NC(=O)c3cccc([N+](=O)[O-])c3)s2)n1. The van der Waals surface area contributed by atoms with Gasteiger partial charge in [-0.25, -0.2) is 4.98 Å². The number of nitro groups is 1. The monoisotopic (exact) mass is 436 g/mol. The third kappa shape index (κ3) is 5.31. The minimum Gasteiger partial charge on any atom is -0.301 e. The molecular weight excluding hydrogens is 424 g/mol. The normalized spacial score (nSPS) is 10.5. The zero-order chi connectivity index (χ0) is 20.1. The summed E-state index contributed by atoms with van der Waals surface area (Å²) in [5.41, 5.74) is 0.792. The first kappa shape index (κ1) is 19.9. The third-order valence-electron chi connectivity index (χ3n) is 3.14. The Morgan fingerprint density at radius 3 is 2.79 bits per heavy atom. The molecule has 0 atom stereocenters. The van der Waals surface area contributed by atoms with Crippen molar-refractivity contribution in [3.05, 3.63) is 51.0 Å². The number of anilines is 2. The Bertz CT molecular complexity index is 1030. The zero-order valence-electron chi connectivity index (χ0n) is 14.2. The molecule has 0 fully saturated rings. The van der Waals surface area contributed by atoms with Gasteiger partial charge in [-0.3, -0.25) is 25.0 Å². The number of carbonyl (C=O) groups is 2. The van der Waals surface area contributed by atoms with Crippen LogP contribution in [0.25, 0.3) is 0 Å². The zero-order valence-corrected chi connectivity index (χ0v) is 16.7. The molecule has 2 amide bonds. The van der Waals surface area contributed by atoms with Gasteiger partial charge in [0.1, 0.15) is 0 Å². The number of thiazole rings is 1. The van der Waals surface area contributed by atoms with Crippen LogP contribution in [-0.4, -0.2) is 37.7 Å². The van der Waals surface area contributed by atoms with Gasteiger partial charge in [-0.2, -0.15) is 0 Å². The second kappa shape index (κ2) is 8.86. The lowest BCUT2D eigenvalue weighted by atomic mass is 10.2. The summed E-state index contributed by atoms with van der Waals surface area (Å²) in [6, 6.07) is 5.37. The molecule has 0 aliphatic rings. The molecule has 3 aromatic rings. The molecule has 1 aromatic carbocycles. The standard InChI is InChI=1S/C15H12N6O4S3/c1-8-6-26-13(16-8)17-11(22)7-27-15-20-19-14(28-15)18-12(23)9-3-2-4-10(5-9)21(24)25/h2-6H,7H2,1H3,(H,16,17,22)(H,18,19,23). The Labute approximate surface area is 170 Å². The minimum atomic E-state index is -0.575. The van der Waals surface area contributed by atoms with E-state index in [1.54, 1.807) is 0 Å². The van der Waals surface area contributed by atoms with Crippen molar-refractivity contribution < 1.29 is 14.5 Å². The number of nitrogens with zero attached hydrogens (tertiary/aromatic N) is 4. The van der Waals surface area contributed by atoms with E-state index in [-0.39, 0.29) is 28.0 Å². The molecule has 2 heterocycles.